The van der Waals surface area contributed by atoms with Crippen LogP contribution >= 0.6 is 11.6 Å². The van der Waals surface area contributed by atoms with Gasteiger partial charge in [-0.25, -0.2) is 4.39 Å². The summed E-state index contributed by atoms with van der Waals surface area (Å²) in [5.41, 5.74) is 2.92. The van der Waals surface area contributed by atoms with Crippen LogP contribution < -0.4 is 20.1 Å². The van der Waals surface area contributed by atoms with Crippen LogP contribution in [-0.2, 0) is 16.1 Å². The number of pyridine rings is 1. The van der Waals surface area contributed by atoms with Gasteiger partial charge in [0.1, 0.15) is 36.1 Å². The number of fused-ring (bicyclic) bond motifs is 1. The number of amides is 1. The molecule has 1 aliphatic rings. The molecule has 1 fully saturated rings. The van der Waals surface area contributed by atoms with Crippen molar-refractivity contribution >= 4 is 45.5 Å². The maximum absolute atomic E-state index is 13.5. The first-order chi connectivity index (χ1) is 22.3. The molecule has 1 atom stereocenters. The van der Waals surface area contributed by atoms with E-state index < -0.39 is 0 Å². The number of aliphatic hydroxyl groups is 1. The standard InChI is InChI=1S/C34H33ClFN5O5/c1-41(11-12-42)10-3-6-33(43)40-30-16-27-29(17-32(30)46-26-9-13-44-21-26)38-19-23(18-37)34(27)39-25-7-8-31(28(35)15-25)45-20-22-4-2-5-24(36)14-22/h2-8,14-17,19,26,42H,9-13,20-21H2,1H3,(H,38,39)(H,40,43)/b6-3+. The zero-order valence-electron chi connectivity index (χ0n) is 25.1. The average molecular weight is 646 g/mol. The molecular weight excluding hydrogens is 613 g/mol. The van der Waals surface area contributed by atoms with Crippen LogP contribution in [0.15, 0.2) is 72.9 Å². The maximum Gasteiger partial charge on any atom is 0.248 e. The lowest BCUT2D eigenvalue weighted by Gasteiger charge is -2.19. The van der Waals surface area contributed by atoms with Gasteiger partial charge in [-0.05, 0) is 49.0 Å². The van der Waals surface area contributed by atoms with E-state index in [0.717, 1.165) is 0 Å². The third kappa shape index (κ3) is 8.50. The number of carbonyl (C=O) groups excluding carboxylic acids is 1. The first-order valence-electron chi connectivity index (χ1n) is 14.6. The Bertz CT molecular complexity index is 1770. The van der Waals surface area contributed by atoms with Gasteiger partial charge in [0.25, 0.3) is 0 Å². The third-order valence-electron chi connectivity index (χ3n) is 7.18. The van der Waals surface area contributed by atoms with Crippen molar-refractivity contribution in [2.75, 3.05) is 50.6 Å². The molecule has 3 N–H and O–H groups in total. The van der Waals surface area contributed by atoms with Crippen molar-refractivity contribution in [2.24, 2.45) is 0 Å². The number of carbonyl (C=O) groups is 1. The van der Waals surface area contributed by atoms with Crippen molar-refractivity contribution in [3.63, 3.8) is 0 Å². The number of aromatic nitrogens is 1. The molecule has 46 heavy (non-hydrogen) atoms. The van der Waals surface area contributed by atoms with Gasteiger partial charge in [-0.1, -0.05) is 29.8 Å². The first-order valence-corrected chi connectivity index (χ1v) is 15.0. The summed E-state index contributed by atoms with van der Waals surface area (Å²) in [4.78, 5) is 19.3. The number of aliphatic hydroxyl groups excluding tert-OH is 1. The normalized spacial score (nSPS) is 14.5. The molecule has 238 valence electrons. The average Bonchev–Trinajstić information content (AvgIpc) is 3.55. The fraction of sp³-hybridized carbons (Fsp3) is 0.265. The number of benzene rings is 3. The zero-order chi connectivity index (χ0) is 32.5. The fourth-order valence-electron chi connectivity index (χ4n) is 4.82. The Morgan fingerprint density at radius 2 is 2.13 bits per heavy atom. The molecule has 0 spiro atoms. The second-order valence-corrected chi connectivity index (χ2v) is 11.1. The predicted octanol–water partition coefficient (Wildman–Crippen LogP) is 5.81. The Labute approximate surface area is 271 Å². The molecule has 1 aromatic heterocycles. The number of ether oxygens (including phenoxy) is 3. The van der Waals surface area contributed by atoms with E-state index in [2.05, 4.69) is 21.7 Å². The van der Waals surface area contributed by atoms with Crippen LogP contribution in [0, 0.1) is 17.1 Å². The summed E-state index contributed by atoms with van der Waals surface area (Å²) in [6, 6.07) is 16.8. The van der Waals surface area contributed by atoms with Gasteiger partial charge in [0.2, 0.25) is 5.91 Å². The van der Waals surface area contributed by atoms with Crippen molar-refractivity contribution in [1.82, 2.24) is 9.88 Å². The molecule has 0 radical (unpaired) electrons. The summed E-state index contributed by atoms with van der Waals surface area (Å²) >= 11 is 6.54. The minimum atomic E-state index is -0.371. The van der Waals surface area contributed by atoms with Crippen LogP contribution in [0.25, 0.3) is 10.9 Å². The molecule has 0 saturated carbocycles. The molecule has 1 aliphatic heterocycles. The lowest BCUT2D eigenvalue weighted by molar-refractivity contribution is -0.111. The Kier molecular flexibility index (Phi) is 11.0. The van der Waals surface area contributed by atoms with Crippen molar-refractivity contribution in [3.8, 4) is 17.6 Å². The Morgan fingerprint density at radius 3 is 2.87 bits per heavy atom. The number of halogens is 2. The summed E-state index contributed by atoms with van der Waals surface area (Å²) in [6.45, 7) is 2.14. The van der Waals surface area contributed by atoms with Crippen molar-refractivity contribution < 1.29 is 28.5 Å². The maximum atomic E-state index is 13.5. The second kappa shape index (κ2) is 15.5. The van der Waals surface area contributed by atoms with E-state index in [1.165, 1.54) is 24.4 Å². The number of nitriles is 1. The number of nitrogens with zero attached hydrogens (tertiary/aromatic N) is 3. The SMILES string of the molecule is CN(C/C=C/C(=O)Nc1cc2c(Nc3ccc(OCc4cccc(F)c4)c(Cl)c3)c(C#N)cnc2cc1OC1CCOC1)CCO. The van der Waals surface area contributed by atoms with Crippen LogP contribution in [0.1, 0.15) is 17.5 Å². The fourth-order valence-corrected chi connectivity index (χ4v) is 5.06. The van der Waals surface area contributed by atoms with Crippen LogP contribution in [0.4, 0.5) is 21.5 Å². The van der Waals surface area contributed by atoms with E-state index >= 15 is 0 Å². The van der Waals surface area contributed by atoms with E-state index in [4.69, 9.17) is 30.9 Å². The minimum absolute atomic E-state index is 0.0228. The number of likely N-dealkylation sites (N-methyl/N-ethyl adjacent to an activating group) is 1. The highest BCUT2D eigenvalue weighted by molar-refractivity contribution is 6.32. The van der Waals surface area contributed by atoms with Crippen molar-refractivity contribution in [1.29, 1.82) is 5.26 Å². The van der Waals surface area contributed by atoms with Gasteiger partial charge < -0.3 is 34.9 Å². The minimum Gasteiger partial charge on any atom is -0.487 e. The van der Waals surface area contributed by atoms with Crippen LogP contribution in [0.2, 0.25) is 5.02 Å². The summed E-state index contributed by atoms with van der Waals surface area (Å²) < 4.78 is 31.0. The van der Waals surface area contributed by atoms with Gasteiger partial charge in [-0.2, -0.15) is 5.26 Å². The molecule has 4 aromatic rings. The van der Waals surface area contributed by atoms with E-state index in [0.29, 0.717) is 82.8 Å². The Balaban J connectivity index is 1.43. The molecule has 1 saturated heterocycles. The summed E-state index contributed by atoms with van der Waals surface area (Å²) in [7, 11) is 1.84. The molecular formula is C34H33ClFN5O5. The molecule has 3 aromatic carbocycles. The Hall–Kier alpha value is -4.73. The van der Waals surface area contributed by atoms with Crippen LogP contribution in [0.3, 0.4) is 0 Å². The highest BCUT2D eigenvalue weighted by Gasteiger charge is 2.21. The lowest BCUT2D eigenvalue weighted by Crippen LogP contribution is -2.22. The Morgan fingerprint density at radius 1 is 1.26 bits per heavy atom. The van der Waals surface area contributed by atoms with E-state index in [-0.39, 0.29) is 36.6 Å². The predicted molar refractivity (Wildman–Crippen MR) is 174 cm³/mol. The quantitative estimate of drug-likeness (QED) is 0.154. The topological polar surface area (TPSA) is 129 Å². The highest BCUT2D eigenvalue weighted by Crippen LogP contribution is 2.38. The van der Waals surface area contributed by atoms with Gasteiger partial charge in [-0.3, -0.25) is 9.78 Å². The molecule has 12 heteroatoms. The van der Waals surface area contributed by atoms with Gasteiger partial charge in [0.15, 0.2) is 0 Å². The number of anilines is 3. The number of hydrogen-bond donors (Lipinski definition) is 3. The molecule has 0 aliphatic carbocycles. The van der Waals surface area contributed by atoms with Gasteiger partial charge >= 0.3 is 0 Å². The van der Waals surface area contributed by atoms with E-state index in [1.807, 2.05) is 11.9 Å². The van der Waals surface area contributed by atoms with Crippen molar-refractivity contribution in [3.05, 3.63) is 94.9 Å². The number of rotatable bonds is 13. The van der Waals surface area contributed by atoms with Gasteiger partial charge in [-0.15, -0.1) is 0 Å². The second-order valence-electron chi connectivity index (χ2n) is 10.7. The largest absolute Gasteiger partial charge is 0.487 e. The number of nitrogens with one attached hydrogen (secondary N) is 2. The third-order valence-corrected chi connectivity index (χ3v) is 7.48. The zero-order valence-corrected chi connectivity index (χ0v) is 25.9. The molecule has 2 heterocycles. The first kappa shape index (κ1) is 32.7. The van der Waals surface area contributed by atoms with Gasteiger partial charge in [0, 0.05) is 48.9 Å². The molecule has 0 bridgehead atoms. The lowest BCUT2D eigenvalue weighted by atomic mass is 10.1. The van der Waals surface area contributed by atoms with Gasteiger partial charge in [0.05, 0.1) is 47.3 Å². The van der Waals surface area contributed by atoms with E-state index in [9.17, 15) is 14.4 Å². The monoisotopic (exact) mass is 645 g/mol. The highest BCUT2D eigenvalue weighted by atomic mass is 35.5. The molecule has 5 rings (SSSR count). The molecule has 1 unspecified atom stereocenters. The van der Waals surface area contributed by atoms with Crippen molar-refractivity contribution in [2.45, 2.75) is 19.1 Å². The summed E-state index contributed by atoms with van der Waals surface area (Å²) in [5.74, 6) is 0.115. The van der Waals surface area contributed by atoms with E-state index in [1.54, 1.807) is 48.5 Å². The summed E-state index contributed by atoms with van der Waals surface area (Å²) in [6.07, 6.45) is 5.11. The smallest absolute Gasteiger partial charge is 0.248 e. The summed E-state index contributed by atoms with van der Waals surface area (Å²) in [5, 5.41) is 26.1. The molecule has 1 amide bonds. The van der Waals surface area contributed by atoms with Crippen LogP contribution in [0.5, 0.6) is 11.5 Å². The number of hydrogen-bond acceptors (Lipinski definition) is 9. The molecule has 10 nitrogen and oxygen atoms in total. The van der Waals surface area contributed by atoms with Crippen LogP contribution in [-0.4, -0.2) is 67.0 Å².